The topological polar surface area (TPSA) is 69.0 Å². The van der Waals surface area contributed by atoms with Crippen molar-refractivity contribution < 1.29 is 9.90 Å². The molecule has 6 heteroatoms. The minimum absolute atomic E-state index is 0.151. The highest BCUT2D eigenvalue weighted by Crippen LogP contribution is 2.40. The fourth-order valence-corrected chi connectivity index (χ4v) is 4.57. The standard InChI is InChI=1S/C23H32N4O2/c1-19-9-12-24-15-21(19)27(22(28)29)16-20-8-7-10-23(2,14-20)17-26-13-6-4-3-5-11-25-18-26/h3-6,9,12,15,18,20H,7-8,10-11,13-14,16-17H2,1-2H3,(H,28,29)/b5-3-,6-4-,25-18?. The zero-order valence-electron chi connectivity index (χ0n) is 17.5. The first-order chi connectivity index (χ1) is 14.0. The van der Waals surface area contributed by atoms with Gasteiger partial charge in [0.1, 0.15) is 0 Å². The molecule has 1 N–H and O–H groups in total. The molecule has 1 amide bonds. The van der Waals surface area contributed by atoms with Crippen molar-refractivity contribution in [2.45, 2.75) is 39.5 Å². The van der Waals surface area contributed by atoms with E-state index in [1.807, 2.05) is 25.4 Å². The second-order valence-corrected chi connectivity index (χ2v) is 8.59. The summed E-state index contributed by atoms with van der Waals surface area (Å²) in [6.45, 7) is 7.29. The molecular formula is C23H32N4O2. The number of hydrogen-bond donors (Lipinski definition) is 1. The van der Waals surface area contributed by atoms with Gasteiger partial charge in [-0.2, -0.15) is 0 Å². The van der Waals surface area contributed by atoms with E-state index < -0.39 is 6.09 Å². The summed E-state index contributed by atoms with van der Waals surface area (Å²) in [6, 6.07) is 1.86. The van der Waals surface area contributed by atoms with E-state index in [-0.39, 0.29) is 5.41 Å². The quantitative estimate of drug-likeness (QED) is 0.794. The van der Waals surface area contributed by atoms with Gasteiger partial charge in [-0.1, -0.05) is 37.6 Å². The van der Waals surface area contributed by atoms with Crippen molar-refractivity contribution in [1.29, 1.82) is 0 Å². The number of carbonyl (C=O) groups is 1. The Labute approximate surface area is 173 Å². The van der Waals surface area contributed by atoms with Gasteiger partial charge in [-0.05, 0) is 49.1 Å². The summed E-state index contributed by atoms with van der Waals surface area (Å²) >= 11 is 0. The summed E-state index contributed by atoms with van der Waals surface area (Å²) < 4.78 is 0. The molecule has 1 saturated carbocycles. The molecule has 29 heavy (non-hydrogen) atoms. The van der Waals surface area contributed by atoms with Crippen molar-refractivity contribution in [3.63, 3.8) is 0 Å². The van der Waals surface area contributed by atoms with Gasteiger partial charge in [0.05, 0.1) is 24.8 Å². The Hall–Kier alpha value is -2.63. The third-order valence-electron chi connectivity index (χ3n) is 5.91. The fraction of sp³-hybridized carbons (Fsp3) is 0.522. The first-order valence-electron chi connectivity index (χ1n) is 10.4. The van der Waals surface area contributed by atoms with Crippen LogP contribution in [0.1, 0.15) is 38.2 Å². The van der Waals surface area contributed by atoms with Crippen LogP contribution in [0.3, 0.4) is 0 Å². The van der Waals surface area contributed by atoms with E-state index in [9.17, 15) is 9.90 Å². The van der Waals surface area contributed by atoms with Crippen LogP contribution in [0.15, 0.2) is 47.8 Å². The average molecular weight is 397 g/mol. The minimum atomic E-state index is -0.904. The second kappa shape index (κ2) is 9.72. The molecule has 1 aromatic heterocycles. The number of nitrogens with zero attached hydrogens (tertiary/aromatic N) is 4. The molecule has 0 radical (unpaired) electrons. The Morgan fingerprint density at radius 2 is 2.21 bits per heavy atom. The summed E-state index contributed by atoms with van der Waals surface area (Å²) in [7, 11) is 0. The highest BCUT2D eigenvalue weighted by molar-refractivity contribution is 5.86. The molecule has 3 rings (SSSR count). The molecular weight excluding hydrogens is 364 g/mol. The molecule has 0 bridgehead atoms. The fourth-order valence-electron chi connectivity index (χ4n) is 4.57. The van der Waals surface area contributed by atoms with Gasteiger partial charge in [0, 0.05) is 25.8 Å². The summed E-state index contributed by atoms with van der Waals surface area (Å²) in [4.78, 5) is 24.4. The molecule has 1 aliphatic heterocycles. The molecule has 1 aliphatic carbocycles. The number of aliphatic imine (C=N–C) groups is 1. The molecule has 156 valence electrons. The third kappa shape index (κ3) is 5.92. The Morgan fingerprint density at radius 1 is 1.38 bits per heavy atom. The SMILES string of the molecule is Cc1ccncc1N(CC1CCCC(C)(CN2C=NC/C=C\C=C/C2)C1)C(=O)O. The van der Waals surface area contributed by atoms with E-state index in [1.54, 1.807) is 12.4 Å². The van der Waals surface area contributed by atoms with E-state index in [2.05, 4.69) is 40.0 Å². The van der Waals surface area contributed by atoms with Crippen LogP contribution in [0.25, 0.3) is 0 Å². The normalized spacial score (nSPS) is 26.8. The van der Waals surface area contributed by atoms with E-state index in [0.29, 0.717) is 24.7 Å². The number of allylic oxidation sites excluding steroid dienone is 2. The monoisotopic (exact) mass is 396 g/mol. The molecule has 1 aromatic rings. The highest BCUT2D eigenvalue weighted by Gasteiger charge is 2.35. The largest absolute Gasteiger partial charge is 0.465 e. The van der Waals surface area contributed by atoms with Crippen molar-refractivity contribution in [3.8, 4) is 0 Å². The maximum Gasteiger partial charge on any atom is 0.411 e. The summed E-state index contributed by atoms with van der Waals surface area (Å²) in [6.07, 6.45) is 17.1. The summed E-state index contributed by atoms with van der Waals surface area (Å²) in [5, 5.41) is 9.82. The zero-order valence-corrected chi connectivity index (χ0v) is 17.5. The van der Waals surface area contributed by atoms with Gasteiger partial charge in [0.15, 0.2) is 0 Å². The second-order valence-electron chi connectivity index (χ2n) is 8.59. The van der Waals surface area contributed by atoms with Crippen molar-refractivity contribution >= 4 is 18.1 Å². The van der Waals surface area contributed by atoms with Crippen LogP contribution < -0.4 is 4.90 Å². The number of anilines is 1. The van der Waals surface area contributed by atoms with Crippen LogP contribution >= 0.6 is 0 Å². The van der Waals surface area contributed by atoms with Crippen molar-refractivity contribution in [1.82, 2.24) is 9.88 Å². The predicted molar refractivity (Wildman–Crippen MR) is 118 cm³/mol. The molecule has 2 unspecified atom stereocenters. The summed E-state index contributed by atoms with van der Waals surface area (Å²) in [5.74, 6) is 0.344. The zero-order chi connectivity index (χ0) is 20.7. The molecule has 2 atom stereocenters. The van der Waals surface area contributed by atoms with E-state index in [1.165, 1.54) is 4.90 Å². The Kier molecular flexibility index (Phi) is 7.07. The van der Waals surface area contributed by atoms with Crippen LogP contribution in [0.2, 0.25) is 0 Å². The van der Waals surface area contributed by atoms with Gasteiger partial charge in [-0.25, -0.2) is 4.79 Å². The maximum absolute atomic E-state index is 12.0. The van der Waals surface area contributed by atoms with E-state index in [0.717, 1.165) is 44.3 Å². The van der Waals surface area contributed by atoms with Gasteiger partial charge in [0.25, 0.3) is 0 Å². The number of hydrogen-bond acceptors (Lipinski definition) is 4. The number of aromatic nitrogens is 1. The molecule has 2 heterocycles. The Morgan fingerprint density at radius 3 is 3.00 bits per heavy atom. The lowest BCUT2D eigenvalue weighted by molar-refractivity contribution is 0.129. The minimum Gasteiger partial charge on any atom is -0.465 e. The van der Waals surface area contributed by atoms with E-state index in [4.69, 9.17) is 0 Å². The number of rotatable bonds is 5. The molecule has 1 fully saturated rings. The highest BCUT2D eigenvalue weighted by atomic mass is 16.4. The molecule has 6 nitrogen and oxygen atoms in total. The number of carboxylic acid groups (broad SMARTS) is 1. The molecule has 2 aliphatic rings. The molecule has 0 aromatic carbocycles. The van der Waals surface area contributed by atoms with Gasteiger partial charge >= 0.3 is 6.09 Å². The van der Waals surface area contributed by atoms with Gasteiger partial charge in [-0.15, -0.1) is 0 Å². The van der Waals surface area contributed by atoms with E-state index >= 15 is 0 Å². The summed E-state index contributed by atoms with van der Waals surface area (Å²) in [5.41, 5.74) is 1.78. The third-order valence-corrected chi connectivity index (χ3v) is 5.91. The van der Waals surface area contributed by atoms with Crippen LogP contribution in [0.5, 0.6) is 0 Å². The van der Waals surface area contributed by atoms with Crippen molar-refractivity contribution in [2.24, 2.45) is 16.3 Å². The van der Waals surface area contributed by atoms with Crippen LogP contribution in [0, 0.1) is 18.3 Å². The molecule has 0 saturated heterocycles. The number of amides is 1. The predicted octanol–water partition coefficient (Wildman–Crippen LogP) is 4.53. The molecule has 0 spiro atoms. The lowest BCUT2D eigenvalue weighted by Gasteiger charge is -2.42. The Balaban J connectivity index is 1.68. The number of aryl methyl sites for hydroxylation is 1. The maximum atomic E-state index is 12.0. The Bertz CT molecular complexity index is 789. The lowest BCUT2D eigenvalue weighted by atomic mass is 9.70. The first-order valence-corrected chi connectivity index (χ1v) is 10.4. The number of pyridine rings is 1. The van der Waals surface area contributed by atoms with Crippen LogP contribution in [0.4, 0.5) is 10.5 Å². The van der Waals surface area contributed by atoms with Crippen molar-refractivity contribution in [2.75, 3.05) is 31.1 Å². The van der Waals surface area contributed by atoms with Crippen LogP contribution in [-0.2, 0) is 0 Å². The van der Waals surface area contributed by atoms with Crippen molar-refractivity contribution in [3.05, 3.63) is 48.3 Å². The van der Waals surface area contributed by atoms with Gasteiger partial charge in [0.2, 0.25) is 0 Å². The average Bonchev–Trinajstić information content (AvgIpc) is 2.80. The smallest absolute Gasteiger partial charge is 0.411 e. The van der Waals surface area contributed by atoms with Crippen LogP contribution in [-0.4, -0.2) is 53.6 Å². The first kappa shape index (κ1) is 21.1. The van der Waals surface area contributed by atoms with Gasteiger partial charge < -0.3 is 10.0 Å². The lowest BCUT2D eigenvalue weighted by Crippen LogP contribution is -2.42. The van der Waals surface area contributed by atoms with Gasteiger partial charge in [-0.3, -0.25) is 14.9 Å².